The lowest BCUT2D eigenvalue weighted by Gasteiger charge is -2.10. The topological polar surface area (TPSA) is 95.7 Å². The number of hydrogen-bond acceptors (Lipinski definition) is 6. The lowest BCUT2D eigenvalue weighted by atomic mass is 10.1. The van der Waals surface area contributed by atoms with E-state index < -0.39 is 33.6 Å². The van der Waals surface area contributed by atoms with E-state index in [1.165, 1.54) is 24.3 Å². The average Bonchev–Trinajstić information content (AvgIpc) is 2.62. The summed E-state index contributed by atoms with van der Waals surface area (Å²) in [5.41, 5.74) is 5.71. The van der Waals surface area contributed by atoms with Gasteiger partial charge in [-0.1, -0.05) is 37.6 Å². The molecule has 0 fully saturated rings. The summed E-state index contributed by atoms with van der Waals surface area (Å²) in [6.45, 7) is 3.38. The van der Waals surface area contributed by atoms with Crippen LogP contribution in [0.25, 0.3) is 0 Å². The van der Waals surface area contributed by atoms with E-state index in [0.717, 1.165) is 0 Å². The van der Waals surface area contributed by atoms with Crippen LogP contribution >= 0.6 is 11.6 Å². The van der Waals surface area contributed by atoms with Crippen LogP contribution in [0.15, 0.2) is 35.9 Å². The van der Waals surface area contributed by atoms with Gasteiger partial charge in [-0.05, 0) is 18.1 Å². The molecule has 22 heavy (non-hydrogen) atoms. The number of carbonyl (C=O) groups excluding carboxylic acids is 1. The first-order valence-electron chi connectivity index (χ1n) is 6.97. The Morgan fingerprint density at radius 2 is 2.00 bits per heavy atom. The second-order valence-corrected chi connectivity index (χ2v) is 7.21. The van der Waals surface area contributed by atoms with Crippen LogP contribution < -0.4 is 5.73 Å². The van der Waals surface area contributed by atoms with E-state index >= 15 is 0 Å². The summed E-state index contributed by atoms with van der Waals surface area (Å²) >= 11 is 5.77. The Balaban J connectivity index is 2.30. The van der Waals surface area contributed by atoms with Crippen LogP contribution in [0.2, 0.25) is 5.02 Å². The SMILES string of the molecule is [2H][C@]1(c2ccc(Cl)cc2)OC(N)=C(OS(=O)(=O)CC(C)C)C1=O. The van der Waals surface area contributed by atoms with Crippen LogP contribution in [-0.2, 0) is 23.8 Å². The first-order valence-corrected chi connectivity index (χ1v) is 8.42. The van der Waals surface area contributed by atoms with E-state index in [0.29, 0.717) is 5.02 Å². The van der Waals surface area contributed by atoms with Gasteiger partial charge in [0.2, 0.25) is 17.4 Å². The third-order valence-electron chi connectivity index (χ3n) is 2.70. The number of carbonyl (C=O) groups is 1. The van der Waals surface area contributed by atoms with Crippen molar-refractivity contribution in [1.29, 1.82) is 0 Å². The van der Waals surface area contributed by atoms with Crippen molar-refractivity contribution in [3.8, 4) is 0 Å². The summed E-state index contributed by atoms with van der Waals surface area (Å²) in [6.07, 6.45) is -2.20. The molecule has 0 bridgehead atoms. The lowest BCUT2D eigenvalue weighted by molar-refractivity contribution is -0.123. The fraction of sp³-hybridized carbons (Fsp3) is 0.357. The van der Waals surface area contributed by atoms with Gasteiger partial charge in [0.15, 0.2) is 6.08 Å². The van der Waals surface area contributed by atoms with Crippen molar-refractivity contribution in [2.75, 3.05) is 5.75 Å². The highest BCUT2D eigenvalue weighted by Crippen LogP contribution is 2.32. The van der Waals surface area contributed by atoms with Crippen molar-refractivity contribution in [1.82, 2.24) is 0 Å². The van der Waals surface area contributed by atoms with E-state index in [1.54, 1.807) is 13.8 Å². The summed E-state index contributed by atoms with van der Waals surface area (Å²) in [7, 11) is -4.01. The summed E-state index contributed by atoms with van der Waals surface area (Å²) in [6, 6.07) is 5.81. The number of nitrogens with two attached hydrogens (primary N) is 1. The third-order valence-corrected chi connectivity index (χ3v) is 4.45. The minimum Gasteiger partial charge on any atom is -0.460 e. The van der Waals surface area contributed by atoms with Crippen LogP contribution in [0.5, 0.6) is 0 Å². The van der Waals surface area contributed by atoms with Gasteiger partial charge in [0.05, 0.1) is 7.12 Å². The molecule has 1 aromatic carbocycles. The molecular weight excluding hydrogens is 330 g/mol. The first kappa shape index (κ1) is 15.2. The fourth-order valence-corrected chi connectivity index (χ4v) is 3.28. The van der Waals surface area contributed by atoms with Gasteiger partial charge < -0.3 is 14.7 Å². The standard InChI is InChI=1S/C14H16ClNO5S/c1-8(2)7-22(18,19)21-13-11(17)12(20-14(13)16)9-3-5-10(15)6-4-9/h3-6,8,12H,7,16H2,1-2H3/t12-/m1/s1/i12D. The minimum atomic E-state index is -4.01. The second-order valence-electron chi connectivity index (χ2n) is 5.16. The molecule has 0 unspecified atom stereocenters. The molecule has 0 spiro atoms. The second kappa shape index (κ2) is 6.18. The number of halogens is 1. The Bertz CT molecular complexity index is 760. The number of hydrogen-bond donors (Lipinski definition) is 1. The van der Waals surface area contributed by atoms with E-state index in [-0.39, 0.29) is 17.2 Å². The molecule has 8 heteroatoms. The van der Waals surface area contributed by atoms with Crippen molar-refractivity contribution >= 4 is 27.5 Å². The summed E-state index contributed by atoms with van der Waals surface area (Å²) in [4.78, 5) is 12.4. The third kappa shape index (κ3) is 3.72. The van der Waals surface area contributed by atoms with Crippen LogP contribution in [0.1, 0.15) is 26.9 Å². The molecule has 0 aliphatic carbocycles. The molecule has 1 aliphatic rings. The molecule has 0 saturated heterocycles. The molecule has 0 aromatic heterocycles. The maximum absolute atomic E-state index is 12.4. The molecule has 0 amide bonds. The van der Waals surface area contributed by atoms with Gasteiger partial charge in [-0.3, -0.25) is 4.79 Å². The quantitative estimate of drug-likeness (QED) is 0.820. The van der Waals surface area contributed by atoms with Gasteiger partial charge in [-0.15, -0.1) is 0 Å². The molecule has 1 heterocycles. The Morgan fingerprint density at radius 1 is 1.41 bits per heavy atom. The highest BCUT2D eigenvalue weighted by atomic mass is 35.5. The van der Waals surface area contributed by atoms with Gasteiger partial charge in [0.1, 0.15) is 0 Å². The van der Waals surface area contributed by atoms with E-state index in [2.05, 4.69) is 0 Å². The molecule has 0 saturated carbocycles. The fourth-order valence-electron chi connectivity index (χ4n) is 1.86. The van der Waals surface area contributed by atoms with Crippen molar-refractivity contribution in [2.24, 2.45) is 11.7 Å². The number of rotatable bonds is 5. The predicted octanol–water partition coefficient (Wildman–Crippen LogP) is 2.11. The van der Waals surface area contributed by atoms with Gasteiger partial charge >= 0.3 is 10.1 Å². The Kier molecular flexibility index (Phi) is 4.26. The van der Waals surface area contributed by atoms with Gasteiger partial charge in [0, 0.05) is 10.6 Å². The van der Waals surface area contributed by atoms with Crippen LogP contribution in [0.3, 0.4) is 0 Å². The maximum atomic E-state index is 12.4. The van der Waals surface area contributed by atoms with Crippen molar-refractivity contribution in [3.05, 3.63) is 46.5 Å². The maximum Gasteiger partial charge on any atom is 0.309 e. The molecule has 6 nitrogen and oxygen atoms in total. The average molecular weight is 347 g/mol. The minimum absolute atomic E-state index is 0.162. The zero-order valence-electron chi connectivity index (χ0n) is 13.0. The molecule has 1 aliphatic heterocycles. The van der Waals surface area contributed by atoms with Crippen molar-refractivity contribution in [2.45, 2.75) is 19.9 Å². The van der Waals surface area contributed by atoms with Crippen LogP contribution in [0, 0.1) is 5.92 Å². The molecular formula is C14H16ClNO5S. The Morgan fingerprint density at radius 3 is 2.55 bits per heavy atom. The van der Waals surface area contributed by atoms with Crippen LogP contribution in [-0.4, -0.2) is 20.0 Å². The highest BCUT2D eigenvalue weighted by molar-refractivity contribution is 7.86. The highest BCUT2D eigenvalue weighted by Gasteiger charge is 2.39. The molecule has 120 valence electrons. The first-order chi connectivity index (χ1) is 10.5. The normalized spacial score (nSPS) is 22.7. The van der Waals surface area contributed by atoms with Crippen molar-refractivity contribution in [3.63, 3.8) is 0 Å². The number of ketones is 1. The van der Waals surface area contributed by atoms with E-state index in [1.807, 2.05) is 0 Å². The molecule has 0 radical (unpaired) electrons. The van der Waals surface area contributed by atoms with Gasteiger partial charge in [-0.2, -0.15) is 8.42 Å². The monoisotopic (exact) mass is 346 g/mol. The number of benzene rings is 1. The van der Waals surface area contributed by atoms with Gasteiger partial charge in [-0.25, -0.2) is 0 Å². The van der Waals surface area contributed by atoms with Gasteiger partial charge in [0.25, 0.3) is 0 Å². The predicted molar refractivity (Wildman–Crippen MR) is 81.2 cm³/mol. The largest absolute Gasteiger partial charge is 0.460 e. The smallest absolute Gasteiger partial charge is 0.309 e. The van der Waals surface area contributed by atoms with Crippen LogP contribution in [0.4, 0.5) is 0 Å². The summed E-state index contributed by atoms with van der Waals surface area (Å²) < 4.78 is 41.8. The molecule has 1 atom stereocenters. The zero-order valence-corrected chi connectivity index (χ0v) is 13.6. The molecule has 2 rings (SSSR count). The number of ether oxygens (including phenoxy) is 1. The zero-order chi connectivity index (χ0) is 17.4. The summed E-state index contributed by atoms with van der Waals surface area (Å²) in [5.74, 6) is -2.67. The van der Waals surface area contributed by atoms with E-state index in [9.17, 15) is 13.2 Å². The lowest BCUT2D eigenvalue weighted by Crippen LogP contribution is -2.19. The van der Waals surface area contributed by atoms with E-state index in [4.69, 9.17) is 27.6 Å². The molecule has 2 N–H and O–H groups in total. The number of Topliss-reactive ketones (excluding diaryl/α,β-unsaturated/α-hetero) is 1. The Hall–Kier alpha value is -1.73. The van der Waals surface area contributed by atoms with Crippen molar-refractivity contribution < 1.29 is 23.5 Å². The molecule has 1 aromatic rings. The summed E-state index contributed by atoms with van der Waals surface area (Å²) in [5, 5.41) is 0.416. The Labute approximate surface area is 135 Å².